The van der Waals surface area contributed by atoms with Gasteiger partial charge < -0.3 is 14.5 Å². The van der Waals surface area contributed by atoms with Gasteiger partial charge in [-0.3, -0.25) is 9.59 Å². The number of morpholine rings is 1. The summed E-state index contributed by atoms with van der Waals surface area (Å²) in [6.07, 6.45) is 2.78. The van der Waals surface area contributed by atoms with Crippen molar-refractivity contribution >= 4 is 11.8 Å². The van der Waals surface area contributed by atoms with Crippen molar-refractivity contribution < 1.29 is 14.3 Å². The summed E-state index contributed by atoms with van der Waals surface area (Å²) in [7, 11) is 0. The van der Waals surface area contributed by atoms with Gasteiger partial charge in [0, 0.05) is 25.0 Å². The van der Waals surface area contributed by atoms with Gasteiger partial charge in [0.25, 0.3) is 0 Å². The first-order valence-corrected chi connectivity index (χ1v) is 9.37. The number of ether oxygens (including phenoxy) is 1. The van der Waals surface area contributed by atoms with Crippen LogP contribution in [0.5, 0.6) is 0 Å². The summed E-state index contributed by atoms with van der Waals surface area (Å²) in [5, 5.41) is 0. The van der Waals surface area contributed by atoms with E-state index in [1.54, 1.807) is 0 Å². The molecule has 2 fully saturated rings. The number of carbonyl (C=O) groups excluding carboxylic acids is 2. The second-order valence-electron chi connectivity index (χ2n) is 8.73. The minimum Gasteiger partial charge on any atom is -0.377 e. The Labute approximate surface area is 146 Å². The molecule has 0 spiro atoms. The molecule has 0 aromatic carbocycles. The lowest BCUT2D eigenvalue weighted by molar-refractivity contribution is -0.150. The first kappa shape index (κ1) is 19.2. The van der Waals surface area contributed by atoms with Gasteiger partial charge in [-0.2, -0.15) is 0 Å². The average molecular weight is 338 g/mol. The molecule has 5 nitrogen and oxygen atoms in total. The molecule has 0 aromatic heterocycles. The Morgan fingerprint density at radius 3 is 2.54 bits per heavy atom. The van der Waals surface area contributed by atoms with E-state index in [4.69, 9.17) is 4.74 Å². The van der Waals surface area contributed by atoms with E-state index in [1.807, 2.05) is 30.6 Å². The van der Waals surface area contributed by atoms with Crippen molar-refractivity contribution in [2.45, 2.75) is 59.9 Å². The Hall–Kier alpha value is -1.10. The first-order chi connectivity index (χ1) is 11.2. The molecule has 2 heterocycles. The molecule has 0 unspecified atom stereocenters. The van der Waals surface area contributed by atoms with E-state index in [1.165, 1.54) is 0 Å². The van der Waals surface area contributed by atoms with Gasteiger partial charge in [-0.15, -0.1) is 0 Å². The maximum Gasteiger partial charge on any atom is 0.227 e. The molecule has 24 heavy (non-hydrogen) atoms. The van der Waals surface area contributed by atoms with Crippen molar-refractivity contribution in [2.24, 2.45) is 17.3 Å². The van der Waals surface area contributed by atoms with Gasteiger partial charge in [-0.05, 0) is 25.2 Å². The van der Waals surface area contributed by atoms with Crippen LogP contribution in [-0.2, 0) is 14.3 Å². The fourth-order valence-corrected chi connectivity index (χ4v) is 3.76. The predicted molar refractivity (Wildman–Crippen MR) is 94.5 cm³/mol. The number of amides is 2. The monoisotopic (exact) mass is 338 g/mol. The SMILES string of the molecule is CC(C)C[C@H]1COCCN1C(=O)[C@H]1CCCN(C(=O)C(C)(C)C)C1. The summed E-state index contributed by atoms with van der Waals surface area (Å²) in [5.74, 6) is 0.853. The molecule has 2 amide bonds. The number of hydrogen-bond acceptors (Lipinski definition) is 3. The summed E-state index contributed by atoms with van der Waals surface area (Å²) in [5.41, 5.74) is -0.385. The van der Waals surface area contributed by atoms with Crippen molar-refractivity contribution in [1.82, 2.24) is 9.80 Å². The predicted octanol–water partition coefficient (Wildman–Crippen LogP) is 2.54. The third-order valence-corrected chi connectivity index (χ3v) is 4.95. The third-order valence-electron chi connectivity index (χ3n) is 4.95. The molecule has 2 rings (SSSR count). The van der Waals surface area contributed by atoms with Gasteiger partial charge in [0.2, 0.25) is 11.8 Å². The highest BCUT2D eigenvalue weighted by Crippen LogP contribution is 2.26. The fraction of sp³-hybridized carbons (Fsp3) is 0.895. The molecule has 2 aliphatic rings. The normalized spacial score (nSPS) is 25.9. The number of rotatable bonds is 3. The van der Waals surface area contributed by atoms with Crippen molar-refractivity contribution in [1.29, 1.82) is 0 Å². The third kappa shape index (κ3) is 4.71. The van der Waals surface area contributed by atoms with E-state index in [0.717, 1.165) is 25.8 Å². The summed E-state index contributed by atoms with van der Waals surface area (Å²) < 4.78 is 5.60. The van der Waals surface area contributed by atoms with Gasteiger partial charge in [-0.25, -0.2) is 0 Å². The molecule has 2 saturated heterocycles. The summed E-state index contributed by atoms with van der Waals surface area (Å²) >= 11 is 0. The quantitative estimate of drug-likeness (QED) is 0.794. The van der Waals surface area contributed by atoms with E-state index in [2.05, 4.69) is 13.8 Å². The zero-order valence-corrected chi connectivity index (χ0v) is 16.0. The minimum absolute atomic E-state index is 0.0576. The second-order valence-corrected chi connectivity index (χ2v) is 8.73. The zero-order chi connectivity index (χ0) is 17.9. The van der Waals surface area contributed by atoms with E-state index in [-0.39, 0.29) is 29.2 Å². The van der Waals surface area contributed by atoms with Crippen LogP contribution in [0.25, 0.3) is 0 Å². The molecule has 0 aliphatic carbocycles. The van der Waals surface area contributed by atoms with Gasteiger partial charge in [0.15, 0.2) is 0 Å². The summed E-state index contributed by atoms with van der Waals surface area (Å²) in [6, 6.07) is 0.181. The molecule has 0 N–H and O–H groups in total. The van der Waals surface area contributed by atoms with Crippen LogP contribution in [-0.4, -0.2) is 60.5 Å². The van der Waals surface area contributed by atoms with Crippen molar-refractivity contribution in [3.05, 3.63) is 0 Å². The molecule has 5 heteroatoms. The standard InChI is InChI=1S/C19H34N2O3/c1-14(2)11-16-13-24-10-9-21(16)17(22)15-7-6-8-20(12-15)18(23)19(3,4)5/h14-16H,6-13H2,1-5H3/t15-,16-/m0/s1. The number of nitrogens with zero attached hydrogens (tertiary/aromatic N) is 2. The second kappa shape index (κ2) is 7.85. The van der Waals surface area contributed by atoms with Crippen molar-refractivity contribution in [2.75, 3.05) is 32.8 Å². The maximum atomic E-state index is 13.1. The average Bonchev–Trinajstić information content (AvgIpc) is 2.52. The Morgan fingerprint density at radius 1 is 1.21 bits per heavy atom. The maximum absolute atomic E-state index is 13.1. The minimum atomic E-state index is -0.385. The van der Waals surface area contributed by atoms with Crippen LogP contribution in [0.4, 0.5) is 0 Å². The van der Waals surface area contributed by atoms with Crippen LogP contribution in [0, 0.1) is 17.3 Å². The topological polar surface area (TPSA) is 49.9 Å². The van der Waals surface area contributed by atoms with Gasteiger partial charge >= 0.3 is 0 Å². The Morgan fingerprint density at radius 2 is 1.92 bits per heavy atom. The van der Waals surface area contributed by atoms with Crippen LogP contribution in [0.2, 0.25) is 0 Å². The molecule has 0 bridgehead atoms. The van der Waals surface area contributed by atoms with E-state index in [0.29, 0.717) is 32.2 Å². The van der Waals surface area contributed by atoms with Crippen LogP contribution in [0.1, 0.15) is 53.9 Å². The first-order valence-electron chi connectivity index (χ1n) is 9.37. The van der Waals surface area contributed by atoms with E-state index < -0.39 is 0 Å². The summed E-state index contributed by atoms with van der Waals surface area (Å²) in [6.45, 7) is 13.5. The van der Waals surface area contributed by atoms with Crippen LogP contribution in [0.3, 0.4) is 0 Å². The molecule has 0 radical (unpaired) electrons. The van der Waals surface area contributed by atoms with Gasteiger partial charge in [0.1, 0.15) is 0 Å². The number of hydrogen-bond donors (Lipinski definition) is 0. The lowest BCUT2D eigenvalue weighted by Crippen LogP contribution is -2.54. The highest BCUT2D eigenvalue weighted by Gasteiger charge is 2.37. The smallest absolute Gasteiger partial charge is 0.227 e. The lowest BCUT2D eigenvalue weighted by Gasteiger charge is -2.41. The zero-order valence-electron chi connectivity index (χ0n) is 16.0. The molecule has 138 valence electrons. The van der Waals surface area contributed by atoms with Crippen LogP contribution in [0.15, 0.2) is 0 Å². The molecular weight excluding hydrogens is 304 g/mol. The number of piperidine rings is 1. The molecule has 2 aliphatic heterocycles. The Bertz CT molecular complexity index is 456. The van der Waals surface area contributed by atoms with Crippen LogP contribution >= 0.6 is 0 Å². The Balaban J connectivity index is 2.03. The van der Waals surface area contributed by atoms with E-state index >= 15 is 0 Å². The molecule has 2 atom stereocenters. The van der Waals surface area contributed by atoms with E-state index in [9.17, 15) is 9.59 Å². The van der Waals surface area contributed by atoms with Gasteiger partial charge in [-0.1, -0.05) is 34.6 Å². The highest BCUT2D eigenvalue weighted by atomic mass is 16.5. The fourth-order valence-electron chi connectivity index (χ4n) is 3.76. The van der Waals surface area contributed by atoms with Gasteiger partial charge in [0.05, 0.1) is 25.2 Å². The van der Waals surface area contributed by atoms with Crippen molar-refractivity contribution in [3.63, 3.8) is 0 Å². The highest BCUT2D eigenvalue weighted by molar-refractivity contribution is 5.84. The molecule has 0 aromatic rings. The molecular formula is C19H34N2O3. The summed E-state index contributed by atoms with van der Waals surface area (Å²) in [4.78, 5) is 29.6. The Kier molecular flexibility index (Phi) is 6.29. The number of likely N-dealkylation sites (tertiary alicyclic amines) is 1. The molecule has 0 saturated carbocycles. The lowest BCUT2D eigenvalue weighted by atomic mass is 9.90. The van der Waals surface area contributed by atoms with Crippen molar-refractivity contribution in [3.8, 4) is 0 Å². The largest absolute Gasteiger partial charge is 0.377 e. The number of carbonyl (C=O) groups is 2. The van der Waals surface area contributed by atoms with Crippen LogP contribution < -0.4 is 0 Å².